The Labute approximate surface area is 123 Å². The molecule has 4 heteroatoms. The predicted octanol–water partition coefficient (Wildman–Crippen LogP) is 3.58. The molecule has 20 heavy (non-hydrogen) atoms. The average molecular weight is 290 g/mol. The van der Waals surface area contributed by atoms with Crippen LogP contribution in [0.5, 0.6) is 0 Å². The Hall–Kier alpha value is -1.61. The van der Waals surface area contributed by atoms with Crippen LogP contribution in [0.2, 0.25) is 5.02 Å². The second-order valence-corrected chi connectivity index (χ2v) is 6.11. The summed E-state index contributed by atoms with van der Waals surface area (Å²) < 4.78 is 0. The molecule has 0 radical (unpaired) electrons. The molecule has 0 saturated carbocycles. The molecule has 2 aliphatic rings. The number of nitrogens with zero attached hydrogens (tertiary/aromatic N) is 1. The van der Waals surface area contributed by atoms with Crippen molar-refractivity contribution in [2.24, 2.45) is 11.8 Å². The lowest BCUT2D eigenvalue weighted by Gasteiger charge is -2.23. The van der Waals surface area contributed by atoms with E-state index in [4.69, 9.17) is 11.6 Å². The molecule has 0 spiro atoms. The highest BCUT2D eigenvalue weighted by Gasteiger charge is 2.49. The Kier molecular flexibility index (Phi) is 3.17. The molecule has 1 fully saturated rings. The Balaban J connectivity index is 1.98. The molecular formula is C16H16ClNO2. The van der Waals surface area contributed by atoms with Gasteiger partial charge in [-0.1, -0.05) is 28.8 Å². The number of carbonyl (C=O) groups is 2. The van der Waals surface area contributed by atoms with Crippen molar-refractivity contribution in [1.29, 1.82) is 0 Å². The van der Waals surface area contributed by atoms with Crippen molar-refractivity contribution >= 4 is 29.1 Å². The predicted molar refractivity (Wildman–Crippen MR) is 78.5 cm³/mol. The molecule has 2 atom stereocenters. The van der Waals surface area contributed by atoms with Crippen molar-refractivity contribution in [3.63, 3.8) is 0 Å². The molecule has 1 aromatic carbocycles. The maximum Gasteiger partial charge on any atom is 0.238 e. The number of amides is 2. The Morgan fingerprint density at radius 1 is 1.05 bits per heavy atom. The van der Waals surface area contributed by atoms with Gasteiger partial charge < -0.3 is 0 Å². The van der Waals surface area contributed by atoms with Gasteiger partial charge in [0.25, 0.3) is 0 Å². The maximum absolute atomic E-state index is 12.6. The van der Waals surface area contributed by atoms with E-state index in [1.807, 2.05) is 13.8 Å². The summed E-state index contributed by atoms with van der Waals surface area (Å²) in [6, 6.07) is 6.92. The fraction of sp³-hybridized carbons (Fsp3) is 0.375. The lowest BCUT2D eigenvalue weighted by atomic mass is 9.78. The first-order chi connectivity index (χ1) is 9.49. The second kappa shape index (κ2) is 4.74. The molecule has 1 saturated heterocycles. The second-order valence-electron chi connectivity index (χ2n) is 5.67. The van der Waals surface area contributed by atoms with Gasteiger partial charge in [-0.15, -0.1) is 0 Å². The van der Waals surface area contributed by atoms with Gasteiger partial charge in [0, 0.05) is 5.02 Å². The highest BCUT2D eigenvalue weighted by molar-refractivity contribution is 6.31. The third-order valence-electron chi connectivity index (χ3n) is 4.41. The molecule has 1 heterocycles. The van der Waals surface area contributed by atoms with E-state index in [0.717, 1.165) is 0 Å². The molecule has 2 amide bonds. The molecule has 104 valence electrons. The van der Waals surface area contributed by atoms with Crippen LogP contribution in [-0.2, 0) is 9.59 Å². The number of imide groups is 1. The Morgan fingerprint density at radius 2 is 1.60 bits per heavy atom. The third kappa shape index (κ3) is 1.97. The van der Waals surface area contributed by atoms with Crippen LogP contribution in [0, 0.1) is 11.8 Å². The monoisotopic (exact) mass is 289 g/mol. The van der Waals surface area contributed by atoms with Gasteiger partial charge in [0.2, 0.25) is 11.8 Å². The standard InChI is InChI=1S/C16H16ClNO2/c1-9-6-13-14(7-10(9)2)16(20)18(15(13)19)12-5-3-4-11(17)8-12/h3-5,8,13-14H,6-7H2,1-2H3/t13-,14-/m1/s1. The average Bonchev–Trinajstić information content (AvgIpc) is 2.63. The van der Waals surface area contributed by atoms with Gasteiger partial charge in [-0.2, -0.15) is 0 Å². The van der Waals surface area contributed by atoms with Gasteiger partial charge in [-0.05, 0) is 44.9 Å². The van der Waals surface area contributed by atoms with Crippen LogP contribution in [-0.4, -0.2) is 11.8 Å². The molecule has 1 aliphatic carbocycles. The van der Waals surface area contributed by atoms with Gasteiger partial charge in [-0.25, -0.2) is 4.90 Å². The van der Waals surface area contributed by atoms with Crippen molar-refractivity contribution in [3.05, 3.63) is 40.4 Å². The Bertz CT molecular complexity index is 603. The fourth-order valence-electron chi connectivity index (χ4n) is 3.12. The van der Waals surface area contributed by atoms with E-state index < -0.39 is 0 Å². The van der Waals surface area contributed by atoms with E-state index in [2.05, 4.69) is 0 Å². The molecule has 0 bridgehead atoms. The first-order valence-electron chi connectivity index (χ1n) is 6.77. The van der Waals surface area contributed by atoms with Crippen LogP contribution in [0.15, 0.2) is 35.4 Å². The van der Waals surface area contributed by atoms with Crippen LogP contribution in [0.1, 0.15) is 26.7 Å². The molecule has 1 aliphatic heterocycles. The molecule has 0 aromatic heterocycles. The van der Waals surface area contributed by atoms with Gasteiger partial charge in [0.15, 0.2) is 0 Å². The van der Waals surface area contributed by atoms with E-state index in [0.29, 0.717) is 23.6 Å². The maximum atomic E-state index is 12.6. The van der Waals surface area contributed by atoms with Crippen molar-refractivity contribution in [1.82, 2.24) is 0 Å². The number of carbonyl (C=O) groups excluding carboxylic acids is 2. The first kappa shape index (κ1) is 13.4. The van der Waals surface area contributed by atoms with Crippen LogP contribution in [0.25, 0.3) is 0 Å². The van der Waals surface area contributed by atoms with Crippen LogP contribution in [0.3, 0.4) is 0 Å². The lowest BCUT2D eigenvalue weighted by molar-refractivity contribution is -0.122. The van der Waals surface area contributed by atoms with E-state index in [-0.39, 0.29) is 23.7 Å². The first-order valence-corrected chi connectivity index (χ1v) is 7.15. The van der Waals surface area contributed by atoms with E-state index in [1.54, 1.807) is 24.3 Å². The highest BCUT2D eigenvalue weighted by atomic mass is 35.5. The number of hydrogen-bond donors (Lipinski definition) is 0. The van der Waals surface area contributed by atoms with Crippen LogP contribution >= 0.6 is 11.6 Å². The molecule has 0 unspecified atom stereocenters. The number of fused-ring (bicyclic) bond motifs is 1. The molecule has 1 aromatic rings. The van der Waals surface area contributed by atoms with E-state index in [1.165, 1.54) is 16.0 Å². The molecule has 3 rings (SSSR count). The molecular weight excluding hydrogens is 274 g/mol. The number of allylic oxidation sites excluding steroid dienone is 2. The summed E-state index contributed by atoms with van der Waals surface area (Å²) in [7, 11) is 0. The van der Waals surface area contributed by atoms with Gasteiger partial charge in [0.1, 0.15) is 0 Å². The van der Waals surface area contributed by atoms with Crippen molar-refractivity contribution in [3.8, 4) is 0 Å². The summed E-state index contributed by atoms with van der Waals surface area (Å²) in [5.41, 5.74) is 3.05. The number of anilines is 1. The molecule has 0 N–H and O–H groups in total. The number of halogens is 1. The lowest BCUT2D eigenvalue weighted by Crippen LogP contribution is -2.30. The van der Waals surface area contributed by atoms with Crippen LogP contribution in [0.4, 0.5) is 5.69 Å². The third-order valence-corrected chi connectivity index (χ3v) is 4.64. The topological polar surface area (TPSA) is 37.4 Å². The minimum atomic E-state index is -0.204. The van der Waals surface area contributed by atoms with Crippen LogP contribution < -0.4 is 4.90 Å². The largest absolute Gasteiger partial charge is 0.274 e. The van der Waals surface area contributed by atoms with Crippen molar-refractivity contribution < 1.29 is 9.59 Å². The summed E-state index contributed by atoms with van der Waals surface area (Å²) in [4.78, 5) is 26.4. The summed E-state index contributed by atoms with van der Waals surface area (Å²) >= 11 is 5.96. The van der Waals surface area contributed by atoms with Crippen molar-refractivity contribution in [2.75, 3.05) is 4.90 Å². The zero-order valence-electron chi connectivity index (χ0n) is 11.5. The zero-order valence-corrected chi connectivity index (χ0v) is 12.3. The SMILES string of the molecule is CC1=C(C)C[C@H]2C(=O)N(c3cccc(Cl)c3)C(=O)[C@@H]2C1. The van der Waals surface area contributed by atoms with Gasteiger partial charge in [0.05, 0.1) is 17.5 Å². The summed E-state index contributed by atoms with van der Waals surface area (Å²) in [6.45, 7) is 4.09. The number of hydrogen-bond acceptors (Lipinski definition) is 2. The number of benzene rings is 1. The number of rotatable bonds is 1. The zero-order chi connectivity index (χ0) is 14.4. The van der Waals surface area contributed by atoms with Gasteiger partial charge >= 0.3 is 0 Å². The fourth-order valence-corrected chi connectivity index (χ4v) is 3.31. The van der Waals surface area contributed by atoms with Crippen molar-refractivity contribution in [2.45, 2.75) is 26.7 Å². The quantitative estimate of drug-likeness (QED) is 0.585. The smallest absolute Gasteiger partial charge is 0.238 e. The summed E-state index contributed by atoms with van der Waals surface area (Å²) in [5, 5.41) is 0.531. The summed E-state index contributed by atoms with van der Waals surface area (Å²) in [5.74, 6) is -0.585. The summed E-state index contributed by atoms with van der Waals surface area (Å²) in [6.07, 6.45) is 1.39. The van der Waals surface area contributed by atoms with E-state index >= 15 is 0 Å². The van der Waals surface area contributed by atoms with E-state index in [9.17, 15) is 9.59 Å². The Morgan fingerprint density at radius 3 is 2.10 bits per heavy atom. The normalized spacial score (nSPS) is 26.2. The van der Waals surface area contributed by atoms with Gasteiger partial charge in [-0.3, -0.25) is 9.59 Å². The molecule has 3 nitrogen and oxygen atoms in total. The minimum Gasteiger partial charge on any atom is -0.274 e. The highest BCUT2D eigenvalue weighted by Crippen LogP contribution is 2.42. The minimum absolute atomic E-state index is 0.0888.